The van der Waals surface area contributed by atoms with E-state index in [0.717, 1.165) is 5.56 Å². The molecule has 0 unspecified atom stereocenters. The van der Waals surface area contributed by atoms with Gasteiger partial charge in [0.25, 0.3) is 0 Å². The minimum atomic E-state index is -0.561. The summed E-state index contributed by atoms with van der Waals surface area (Å²) in [6, 6.07) is 10.5. The first-order chi connectivity index (χ1) is 11.0. The van der Waals surface area contributed by atoms with Gasteiger partial charge in [-0.1, -0.05) is 30.4 Å². The maximum Gasteiger partial charge on any atom is 0.338 e. The van der Waals surface area contributed by atoms with Crippen molar-refractivity contribution in [1.82, 2.24) is 0 Å². The van der Waals surface area contributed by atoms with Crippen LogP contribution >= 0.6 is 0 Å². The maximum atomic E-state index is 12.9. The van der Waals surface area contributed by atoms with Crippen LogP contribution in [0.15, 0.2) is 42.5 Å². The third-order valence-corrected chi connectivity index (χ3v) is 3.21. The number of hydrogen-bond donors (Lipinski definition) is 0. The predicted molar refractivity (Wildman–Crippen MR) is 84.4 cm³/mol. The van der Waals surface area contributed by atoms with E-state index in [1.165, 1.54) is 32.4 Å². The molecule has 0 N–H and O–H groups in total. The van der Waals surface area contributed by atoms with Crippen molar-refractivity contribution in [3.63, 3.8) is 0 Å². The van der Waals surface area contributed by atoms with Crippen molar-refractivity contribution in [2.75, 3.05) is 14.2 Å². The Bertz CT molecular complexity index is 748. The van der Waals surface area contributed by atoms with E-state index in [-0.39, 0.29) is 16.9 Å². The van der Waals surface area contributed by atoms with E-state index in [1.54, 1.807) is 36.4 Å². The number of benzene rings is 2. The predicted octanol–water partition coefficient (Wildman–Crippen LogP) is 3.57. The molecule has 23 heavy (non-hydrogen) atoms. The maximum absolute atomic E-state index is 12.9. The summed E-state index contributed by atoms with van der Waals surface area (Å²) in [5.41, 5.74) is 1.86. The molecule has 0 aliphatic carbocycles. The highest BCUT2D eigenvalue weighted by molar-refractivity contribution is 5.98. The topological polar surface area (TPSA) is 52.6 Å². The fourth-order valence-corrected chi connectivity index (χ4v) is 1.99. The molecule has 4 nitrogen and oxygen atoms in total. The van der Waals surface area contributed by atoms with E-state index in [0.29, 0.717) is 5.56 Å². The molecular formula is C18H15FO4. The number of halogens is 1. The Morgan fingerprint density at radius 1 is 0.913 bits per heavy atom. The lowest BCUT2D eigenvalue weighted by molar-refractivity contribution is 0.0599. The Morgan fingerprint density at radius 2 is 1.57 bits per heavy atom. The molecule has 0 aromatic heterocycles. The SMILES string of the molecule is COC(=O)c1ccc(C=Cc2ccc(F)cc2)c(C(=O)OC)c1. The highest BCUT2D eigenvalue weighted by Crippen LogP contribution is 2.18. The number of carbonyl (C=O) groups is 2. The molecule has 118 valence electrons. The summed E-state index contributed by atoms with van der Waals surface area (Å²) < 4.78 is 22.3. The van der Waals surface area contributed by atoms with Gasteiger partial charge in [0.2, 0.25) is 0 Å². The molecule has 0 spiro atoms. The molecule has 5 heteroatoms. The second-order valence-corrected chi connectivity index (χ2v) is 4.67. The first-order valence-electron chi connectivity index (χ1n) is 6.79. The molecule has 0 aliphatic rings. The summed E-state index contributed by atoms with van der Waals surface area (Å²) in [6.07, 6.45) is 3.43. The van der Waals surface area contributed by atoms with Crippen molar-refractivity contribution in [1.29, 1.82) is 0 Å². The lowest BCUT2D eigenvalue weighted by Gasteiger charge is -2.07. The first-order valence-corrected chi connectivity index (χ1v) is 6.79. The van der Waals surface area contributed by atoms with Gasteiger partial charge in [-0.15, -0.1) is 0 Å². The van der Waals surface area contributed by atoms with Gasteiger partial charge in [0.05, 0.1) is 25.3 Å². The van der Waals surface area contributed by atoms with Crippen molar-refractivity contribution in [2.24, 2.45) is 0 Å². The summed E-state index contributed by atoms with van der Waals surface area (Å²) >= 11 is 0. The summed E-state index contributed by atoms with van der Waals surface area (Å²) in [5, 5.41) is 0. The molecule has 0 aliphatic heterocycles. The fourth-order valence-electron chi connectivity index (χ4n) is 1.99. The molecule has 0 heterocycles. The van der Waals surface area contributed by atoms with E-state index >= 15 is 0 Å². The Hall–Kier alpha value is -2.95. The van der Waals surface area contributed by atoms with E-state index < -0.39 is 11.9 Å². The summed E-state index contributed by atoms with van der Waals surface area (Å²) in [6.45, 7) is 0. The zero-order valence-corrected chi connectivity index (χ0v) is 12.7. The van der Waals surface area contributed by atoms with Crippen LogP contribution in [-0.4, -0.2) is 26.2 Å². The molecule has 0 amide bonds. The molecule has 0 saturated heterocycles. The molecule has 0 bridgehead atoms. The van der Waals surface area contributed by atoms with Gasteiger partial charge in [0.15, 0.2) is 0 Å². The number of methoxy groups -OCH3 is 2. The monoisotopic (exact) mass is 314 g/mol. The zero-order valence-electron chi connectivity index (χ0n) is 12.7. The molecular weight excluding hydrogens is 299 g/mol. The molecule has 0 fully saturated rings. The lowest BCUT2D eigenvalue weighted by Crippen LogP contribution is -2.08. The Morgan fingerprint density at radius 3 is 2.17 bits per heavy atom. The van der Waals surface area contributed by atoms with Crippen molar-refractivity contribution in [3.05, 3.63) is 70.5 Å². The van der Waals surface area contributed by atoms with Crippen LogP contribution in [0.5, 0.6) is 0 Å². The van der Waals surface area contributed by atoms with Gasteiger partial charge in [0.1, 0.15) is 5.82 Å². The Balaban J connectivity index is 2.38. The number of hydrogen-bond acceptors (Lipinski definition) is 4. The second kappa shape index (κ2) is 7.35. The van der Waals surface area contributed by atoms with Gasteiger partial charge in [-0.2, -0.15) is 0 Å². The average Bonchev–Trinajstić information content (AvgIpc) is 2.59. The van der Waals surface area contributed by atoms with Crippen molar-refractivity contribution in [3.8, 4) is 0 Å². The third kappa shape index (κ3) is 4.03. The van der Waals surface area contributed by atoms with Gasteiger partial charge in [-0.05, 0) is 35.4 Å². The van der Waals surface area contributed by atoms with E-state index in [1.807, 2.05) is 0 Å². The normalized spacial score (nSPS) is 10.6. The first kappa shape index (κ1) is 16.4. The number of rotatable bonds is 4. The van der Waals surface area contributed by atoms with E-state index in [2.05, 4.69) is 4.74 Å². The van der Waals surface area contributed by atoms with E-state index in [4.69, 9.17) is 4.74 Å². The van der Waals surface area contributed by atoms with Crippen LogP contribution in [0.1, 0.15) is 31.8 Å². The number of carbonyl (C=O) groups excluding carboxylic acids is 2. The number of esters is 2. The Kier molecular flexibility index (Phi) is 5.25. The van der Waals surface area contributed by atoms with Crippen molar-refractivity contribution >= 4 is 24.1 Å². The van der Waals surface area contributed by atoms with Gasteiger partial charge in [-0.25, -0.2) is 14.0 Å². The van der Waals surface area contributed by atoms with Gasteiger partial charge in [-0.3, -0.25) is 0 Å². The van der Waals surface area contributed by atoms with Crippen LogP contribution in [0.4, 0.5) is 4.39 Å². The molecule has 2 aromatic carbocycles. The molecule has 0 saturated carbocycles. The van der Waals surface area contributed by atoms with E-state index in [9.17, 15) is 14.0 Å². The number of ether oxygens (including phenoxy) is 2. The zero-order chi connectivity index (χ0) is 16.8. The molecule has 0 radical (unpaired) electrons. The summed E-state index contributed by atoms with van der Waals surface area (Å²) in [7, 11) is 2.53. The van der Waals surface area contributed by atoms with Crippen LogP contribution < -0.4 is 0 Å². The van der Waals surface area contributed by atoms with Crippen LogP contribution in [0.25, 0.3) is 12.2 Å². The van der Waals surface area contributed by atoms with Crippen LogP contribution in [-0.2, 0) is 9.47 Å². The van der Waals surface area contributed by atoms with Crippen LogP contribution in [0.2, 0.25) is 0 Å². The largest absolute Gasteiger partial charge is 0.465 e. The second-order valence-electron chi connectivity index (χ2n) is 4.67. The average molecular weight is 314 g/mol. The highest BCUT2D eigenvalue weighted by Gasteiger charge is 2.14. The van der Waals surface area contributed by atoms with Gasteiger partial charge < -0.3 is 9.47 Å². The van der Waals surface area contributed by atoms with Crippen LogP contribution in [0.3, 0.4) is 0 Å². The fraction of sp³-hybridized carbons (Fsp3) is 0.111. The van der Waals surface area contributed by atoms with Gasteiger partial charge in [0, 0.05) is 0 Å². The Labute approximate surface area is 133 Å². The minimum Gasteiger partial charge on any atom is -0.465 e. The highest BCUT2D eigenvalue weighted by atomic mass is 19.1. The molecule has 2 aromatic rings. The van der Waals surface area contributed by atoms with Crippen molar-refractivity contribution < 1.29 is 23.5 Å². The molecule has 0 atom stereocenters. The van der Waals surface area contributed by atoms with Crippen LogP contribution in [0, 0.1) is 5.82 Å². The standard InChI is InChI=1S/C18H15FO4/c1-22-17(20)14-8-7-13(16(11-14)18(21)23-2)6-3-12-4-9-15(19)10-5-12/h3-11H,1-2H3. The summed E-state index contributed by atoms with van der Waals surface area (Å²) in [4.78, 5) is 23.5. The minimum absolute atomic E-state index is 0.244. The third-order valence-electron chi connectivity index (χ3n) is 3.21. The smallest absolute Gasteiger partial charge is 0.338 e. The molecule has 2 rings (SSSR count). The van der Waals surface area contributed by atoms with Gasteiger partial charge >= 0.3 is 11.9 Å². The lowest BCUT2D eigenvalue weighted by atomic mass is 10.0. The quantitative estimate of drug-likeness (QED) is 0.639. The van der Waals surface area contributed by atoms with Crippen molar-refractivity contribution in [2.45, 2.75) is 0 Å². The summed E-state index contributed by atoms with van der Waals surface area (Å²) in [5.74, 6) is -1.42.